The number of fused-ring (bicyclic) bond motifs is 8. The molecular weight excluding hydrogens is 864 g/mol. The molecular formula is C58H58CuN4O3+2. The van der Waals surface area contributed by atoms with E-state index < -0.39 is 6.29 Å². The molecule has 8 heteroatoms. The quantitative estimate of drug-likeness (QED) is 0.155. The van der Waals surface area contributed by atoms with Crippen molar-refractivity contribution in [3.63, 3.8) is 0 Å². The van der Waals surface area contributed by atoms with Crippen LogP contribution >= 0.6 is 0 Å². The monoisotopic (exact) mass is 921 g/mol. The molecule has 0 unspecified atom stereocenters. The van der Waals surface area contributed by atoms with Crippen LogP contribution in [-0.2, 0) is 39.4 Å². The first kappa shape index (κ1) is 45.1. The van der Waals surface area contributed by atoms with Crippen LogP contribution < -0.4 is 0 Å². The number of nitrogens with zero attached hydrogens (tertiary/aromatic N) is 2. The molecule has 3 aliphatic heterocycles. The molecule has 3 aliphatic rings. The predicted octanol–water partition coefficient (Wildman–Crippen LogP) is 15.0. The van der Waals surface area contributed by atoms with Gasteiger partial charge in [-0.3, -0.25) is 0 Å². The minimum atomic E-state index is -0.408. The molecule has 1 radical (unpaired) electrons. The molecule has 8 bridgehead atoms. The van der Waals surface area contributed by atoms with Crippen LogP contribution in [0.5, 0.6) is 0 Å². The average Bonchev–Trinajstić information content (AvgIpc) is 4.13. The van der Waals surface area contributed by atoms with Crippen molar-refractivity contribution in [3.05, 3.63) is 152 Å². The van der Waals surface area contributed by atoms with E-state index in [1.807, 2.05) is 12.1 Å². The fourth-order valence-electron chi connectivity index (χ4n) is 10.5. The van der Waals surface area contributed by atoms with Gasteiger partial charge in [0.25, 0.3) is 0 Å². The van der Waals surface area contributed by atoms with Gasteiger partial charge >= 0.3 is 17.1 Å². The van der Waals surface area contributed by atoms with Gasteiger partial charge in [0.05, 0.1) is 53.3 Å². The predicted molar refractivity (Wildman–Crippen MR) is 268 cm³/mol. The first-order valence-corrected chi connectivity index (χ1v) is 23.1. The maximum atomic E-state index is 6.43. The molecule has 1 saturated heterocycles. The molecule has 0 spiro atoms. The van der Waals surface area contributed by atoms with Crippen LogP contribution in [0.3, 0.4) is 0 Å². The SMILES string of the molecule is CCc1cc(C2OCC(C)(C)CO2)c(CC)cc1-c1c2nc(c(-c3c(C)cc(C)cc3C)c3ccc([nH]3)c(-c3ccco3)c3nc(c(-c4c(C)cc(C)cc4C)c4ccc1[nH]4)C=C3)C=C2.[Cu+2]. The van der Waals surface area contributed by atoms with Gasteiger partial charge in [0.1, 0.15) is 5.76 Å². The van der Waals surface area contributed by atoms with Crippen molar-refractivity contribution in [2.45, 2.75) is 88.4 Å². The number of H-pyrrole nitrogens is 2. The summed E-state index contributed by atoms with van der Waals surface area (Å²) in [5.41, 5.74) is 25.5. The third-order valence-electron chi connectivity index (χ3n) is 13.3. The van der Waals surface area contributed by atoms with Crippen molar-refractivity contribution in [2.24, 2.45) is 5.41 Å². The maximum Gasteiger partial charge on any atom is 2.00 e. The van der Waals surface area contributed by atoms with E-state index in [4.69, 9.17) is 23.9 Å². The van der Waals surface area contributed by atoms with E-state index in [1.54, 1.807) is 6.26 Å². The number of aryl methyl sites for hydroxylation is 8. The van der Waals surface area contributed by atoms with Crippen LogP contribution in [0.25, 0.3) is 91.1 Å². The first-order valence-electron chi connectivity index (χ1n) is 23.1. The van der Waals surface area contributed by atoms with Crippen LogP contribution in [0.4, 0.5) is 0 Å². The van der Waals surface area contributed by atoms with Crippen molar-refractivity contribution in [1.29, 1.82) is 0 Å². The summed E-state index contributed by atoms with van der Waals surface area (Å²) in [6, 6.07) is 26.5. The molecule has 2 N–H and O–H groups in total. The van der Waals surface area contributed by atoms with E-state index >= 15 is 0 Å². The van der Waals surface area contributed by atoms with E-state index in [-0.39, 0.29) is 22.5 Å². The fourth-order valence-corrected chi connectivity index (χ4v) is 10.5. The van der Waals surface area contributed by atoms with Crippen molar-refractivity contribution in [1.82, 2.24) is 19.9 Å². The van der Waals surface area contributed by atoms with Gasteiger partial charge < -0.3 is 23.9 Å². The Morgan fingerprint density at radius 3 is 1.44 bits per heavy atom. The molecule has 0 amide bonds. The summed E-state index contributed by atoms with van der Waals surface area (Å²) in [6.45, 7) is 23.3. The summed E-state index contributed by atoms with van der Waals surface area (Å²) in [5, 5.41) is 0. The van der Waals surface area contributed by atoms with Gasteiger partial charge in [0, 0.05) is 44.2 Å². The Kier molecular flexibility index (Phi) is 12.1. The van der Waals surface area contributed by atoms with E-state index in [9.17, 15) is 0 Å². The van der Waals surface area contributed by atoms with Crippen LogP contribution in [0, 0.1) is 47.0 Å². The molecule has 7 aromatic rings. The molecule has 337 valence electrons. The molecule has 3 aromatic carbocycles. The number of hydrogen-bond acceptors (Lipinski definition) is 5. The summed E-state index contributed by atoms with van der Waals surface area (Å²) < 4.78 is 19.0. The standard InChI is InChI=1S/C58H58N4O3.Cu/c1-11-38-29-41(57-64-30-58(9,10)31-65-57)39(12-2)28-40(38)53-42-15-19-46(59-42)55(51-34(5)24-32(3)25-35(51)6)48-21-17-44(61-48)54(50-14-13-23-63-50)45-18-22-49(62-45)56(47-20-16-43(53)60-47)52-36(7)26-33(4)27-37(52)8;/h13-29,57,59,62H,11-12,30-31H2,1-10H3;/q;+2. The van der Waals surface area contributed by atoms with Crippen LogP contribution in [-0.4, -0.2) is 33.1 Å². The zero-order chi connectivity index (χ0) is 45.3. The normalized spacial score (nSPS) is 14.5. The molecule has 66 heavy (non-hydrogen) atoms. The number of aromatic nitrogens is 4. The number of hydrogen-bond donors (Lipinski definition) is 2. The second-order valence-corrected chi connectivity index (χ2v) is 19.1. The van der Waals surface area contributed by atoms with E-state index in [0.717, 1.165) is 108 Å². The van der Waals surface area contributed by atoms with Gasteiger partial charge in [-0.1, -0.05) is 69.2 Å². The van der Waals surface area contributed by atoms with Crippen molar-refractivity contribution in [2.75, 3.05) is 13.2 Å². The smallest absolute Gasteiger partial charge is 0.464 e. The average molecular weight is 923 g/mol. The molecule has 10 rings (SSSR count). The van der Waals surface area contributed by atoms with Gasteiger partial charge in [-0.2, -0.15) is 0 Å². The Hall–Kier alpha value is -6.02. The summed E-state index contributed by atoms with van der Waals surface area (Å²) in [6.07, 6.45) is 11.6. The van der Waals surface area contributed by atoms with Gasteiger partial charge in [-0.15, -0.1) is 0 Å². The Labute approximate surface area is 398 Å². The summed E-state index contributed by atoms with van der Waals surface area (Å²) in [4.78, 5) is 19.1. The number of furan rings is 1. The van der Waals surface area contributed by atoms with Crippen molar-refractivity contribution >= 4 is 46.4 Å². The van der Waals surface area contributed by atoms with Crippen LogP contribution in [0.1, 0.15) is 107 Å². The summed E-state index contributed by atoms with van der Waals surface area (Å²) >= 11 is 0. The third-order valence-corrected chi connectivity index (χ3v) is 13.3. The Morgan fingerprint density at radius 2 is 0.985 bits per heavy atom. The van der Waals surface area contributed by atoms with E-state index in [1.165, 1.54) is 44.5 Å². The molecule has 0 saturated carbocycles. The van der Waals surface area contributed by atoms with Gasteiger partial charge in [0.15, 0.2) is 6.29 Å². The second-order valence-electron chi connectivity index (χ2n) is 19.1. The second kappa shape index (κ2) is 17.7. The van der Waals surface area contributed by atoms with Gasteiger partial charge in [-0.05, 0) is 171 Å². The minimum Gasteiger partial charge on any atom is -0.464 e. The topological polar surface area (TPSA) is 89.0 Å². The summed E-state index contributed by atoms with van der Waals surface area (Å²) in [5.74, 6) is 0.738. The Bertz CT molecular complexity index is 3180. The molecule has 0 atom stereocenters. The van der Waals surface area contributed by atoms with Crippen LogP contribution in [0.15, 0.2) is 83.5 Å². The number of nitrogens with one attached hydrogen (secondary N) is 2. The first-order chi connectivity index (χ1) is 31.3. The maximum absolute atomic E-state index is 6.43. The Morgan fingerprint density at radius 1 is 0.545 bits per heavy atom. The van der Waals surface area contributed by atoms with Gasteiger partial charge in [0.2, 0.25) is 0 Å². The van der Waals surface area contributed by atoms with Gasteiger partial charge in [-0.25, -0.2) is 9.97 Å². The molecule has 4 aromatic heterocycles. The van der Waals surface area contributed by atoms with Crippen LogP contribution in [0.2, 0.25) is 0 Å². The molecule has 7 nitrogen and oxygen atoms in total. The zero-order valence-electron chi connectivity index (χ0n) is 39.6. The number of aromatic amines is 2. The van der Waals surface area contributed by atoms with Crippen molar-refractivity contribution < 1.29 is 31.0 Å². The number of ether oxygens (including phenoxy) is 2. The molecule has 0 aliphatic carbocycles. The molecule has 1 fully saturated rings. The minimum absolute atomic E-state index is 0. The Balaban J connectivity index is 0.00000548. The largest absolute Gasteiger partial charge is 2.00 e. The molecule has 7 heterocycles. The van der Waals surface area contributed by atoms with Crippen molar-refractivity contribution in [3.8, 4) is 44.7 Å². The fraction of sp³-hybridized carbons (Fsp3) is 0.276. The van der Waals surface area contributed by atoms with E-state index in [2.05, 4.69) is 164 Å². The van der Waals surface area contributed by atoms with E-state index in [0.29, 0.717) is 13.2 Å². The number of rotatable bonds is 7. The zero-order valence-corrected chi connectivity index (χ0v) is 40.6. The number of benzene rings is 3. The summed E-state index contributed by atoms with van der Waals surface area (Å²) in [7, 11) is 0. The third kappa shape index (κ3) is 8.04.